The fourth-order valence-corrected chi connectivity index (χ4v) is 4.69. The Bertz CT molecular complexity index is 1640. The highest BCUT2D eigenvalue weighted by atomic mass is 16.6. The monoisotopic (exact) mass is 493 g/mol. The second-order valence-corrected chi connectivity index (χ2v) is 9.06. The summed E-state index contributed by atoms with van der Waals surface area (Å²) in [4.78, 5) is 32.7. The van der Waals surface area contributed by atoms with Crippen molar-refractivity contribution in [1.29, 1.82) is 0 Å². The van der Waals surface area contributed by atoms with Crippen LogP contribution in [0.1, 0.15) is 15.9 Å². The molecule has 0 N–H and O–H groups in total. The van der Waals surface area contributed by atoms with E-state index < -0.39 is 4.92 Å². The van der Waals surface area contributed by atoms with Crippen LogP contribution in [0.5, 0.6) is 0 Å². The van der Waals surface area contributed by atoms with Gasteiger partial charge in [0.25, 0.3) is 11.6 Å². The van der Waals surface area contributed by atoms with E-state index >= 15 is 0 Å². The van der Waals surface area contributed by atoms with Crippen LogP contribution in [0.2, 0.25) is 0 Å². The van der Waals surface area contributed by atoms with E-state index in [4.69, 9.17) is 4.98 Å². The summed E-state index contributed by atoms with van der Waals surface area (Å²) >= 11 is 0. The Labute approximate surface area is 211 Å². The normalized spacial score (nSPS) is 13.9. The van der Waals surface area contributed by atoms with Gasteiger partial charge in [0.05, 0.1) is 10.4 Å². The van der Waals surface area contributed by atoms with Gasteiger partial charge in [-0.15, -0.1) is 10.2 Å². The number of fused-ring (bicyclic) bond motifs is 3. The third kappa shape index (κ3) is 4.02. The van der Waals surface area contributed by atoms with E-state index in [1.54, 1.807) is 12.1 Å². The van der Waals surface area contributed by atoms with Gasteiger partial charge in [-0.2, -0.15) is 0 Å². The highest BCUT2D eigenvalue weighted by Gasteiger charge is 2.26. The summed E-state index contributed by atoms with van der Waals surface area (Å²) in [5.41, 5.74) is 3.97. The number of rotatable bonds is 4. The Morgan fingerprint density at radius 2 is 1.59 bits per heavy atom. The molecule has 1 aliphatic rings. The molecule has 3 heterocycles. The number of carbonyl (C=O) groups excluding carboxylic acids is 1. The van der Waals surface area contributed by atoms with Gasteiger partial charge in [0.1, 0.15) is 0 Å². The lowest BCUT2D eigenvalue weighted by atomic mass is 10.1. The maximum atomic E-state index is 13.0. The van der Waals surface area contributed by atoms with E-state index in [0.717, 1.165) is 16.5 Å². The first-order valence-electron chi connectivity index (χ1n) is 12.0. The standard InChI is InChI=1S/C27H23N7O3/c1-18-6-8-20(9-7-18)26(35)31-14-16-32(17-15-31)27-28-23-5-3-2-4-22(23)25-30-29-24(33(25)27)19-10-12-21(13-11-19)34(36)37/h2-13H,14-17H2,1H3. The minimum atomic E-state index is -0.427. The van der Waals surface area contributed by atoms with Gasteiger partial charge in [-0.25, -0.2) is 9.38 Å². The molecule has 10 nitrogen and oxygen atoms in total. The molecule has 0 spiro atoms. The summed E-state index contributed by atoms with van der Waals surface area (Å²) in [5, 5.41) is 20.9. The lowest BCUT2D eigenvalue weighted by Gasteiger charge is -2.35. The number of nitrogens with zero attached hydrogens (tertiary/aromatic N) is 7. The van der Waals surface area contributed by atoms with E-state index in [2.05, 4.69) is 15.1 Å². The highest BCUT2D eigenvalue weighted by Crippen LogP contribution is 2.30. The molecule has 37 heavy (non-hydrogen) atoms. The molecule has 1 amide bonds. The fourth-order valence-electron chi connectivity index (χ4n) is 4.69. The number of nitro benzene ring substituents is 1. The van der Waals surface area contributed by atoms with Gasteiger partial charge in [-0.3, -0.25) is 14.9 Å². The molecule has 6 rings (SSSR count). The van der Waals surface area contributed by atoms with Crippen molar-refractivity contribution < 1.29 is 9.72 Å². The minimum absolute atomic E-state index is 0.00994. The molecule has 1 fully saturated rings. The first kappa shape index (κ1) is 22.6. The number of aromatic nitrogens is 4. The number of amides is 1. The van der Waals surface area contributed by atoms with Crippen molar-refractivity contribution in [3.05, 3.63) is 94.0 Å². The zero-order chi connectivity index (χ0) is 25.5. The van der Waals surface area contributed by atoms with Crippen LogP contribution in [0.3, 0.4) is 0 Å². The van der Waals surface area contributed by atoms with Gasteiger partial charge in [-0.1, -0.05) is 29.8 Å². The summed E-state index contributed by atoms with van der Waals surface area (Å²) in [6.07, 6.45) is 0. The van der Waals surface area contributed by atoms with E-state index in [9.17, 15) is 14.9 Å². The summed E-state index contributed by atoms with van der Waals surface area (Å²) in [6, 6.07) is 21.6. The van der Waals surface area contributed by atoms with Crippen LogP contribution in [0.15, 0.2) is 72.8 Å². The molecule has 0 saturated carbocycles. The van der Waals surface area contributed by atoms with Crippen molar-refractivity contribution in [1.82, 2.24) is 24.5 Å². The number of piperazine rings is 1. The maximum Gasteiger partial charge on any atom is 0.269 e. The molecular formula is C27H23N7O3. The number of carbonyl (C=O) groups is 1. The van der Waals surface area contributed by atoms with Gasteiger partial charge >= 0.3 is 0 Å². The number of benzene rings is 3. The first-order chi connectivity index (χ1) is 18.0. The molecule has 0 aliphatic carbocycles. The summed E-state index contributed by atoms with van der Waals surface area (Å²) in [5.74, 6) is 1.25. The van der Waals surface area contributed by atoms with Crippen molar-refractivity contribution in [2.75, 3.05) is 31.1 Å². The zero-order valence-corrected chi connectivity index (χ0v) is 20.1. The van der Waals surface area contributed by atoms with E-state index in [1.807, 2.05) is 64.8 Å². The summed E-state index contributed by atoms with van der Waals surface area (Å²) < 4.78 is 1.90. The van der Waals surface area contributed by atoms with Crippen LogP contribution in [-0.4, -0.2) is 61.5 Å². The average Bonchev–Trinajstić information content (AvgIpc) is 3.38. The quantitative estimate of drug-likeness (QED) is 0.274. The minimum Gasteiger partial charge on any atom is -0.338 e. The third-order valence-electron chi connectivity index (χ3n) is 6.71. The number of para-hydroxylation sites is 1. The molecule has 0 radical (unpaired) electrons. The molecular weight excluding hydrogens is 470 g/mol. The SMILES string of the molecule is Cc1ccc(C(=O)N2CCN(c3nc4ccccc4c4nnc(-c5ccc([N+](=O)[O-])cc5)n34)CC2)cc1. The number of anilines is 1. The zero-order valence-electron chi connectivity index (χ0n) is 20.1. The van der Waals surface area contributed by atoms with Crippen molar-refractivity contribution in [2.45, 2.75) is 6.92 Å². The predicted molar refractivity (Wildman–Crippen MR) is 140 cm³/mol. The first-order valence-corrected chi connectivity index (χ1v) is 12.0. The number of aryl methyl sites for hydroxylation is 1. The van der Waals surface area contributed by atoms with Gasteiger partial charge in [0, 0.05) is 54.8 Å². The van der Waals surface area contributed by atoms with Crippen molar-refractivity contribution in [3.63, 3.8) is 0 Å². The Kier molecular flexibility index (Phi) is 5.48. The number of hydrogen-bond acceptors (Lipinski definition) is 7. The van der Waals surface area contributed by atoms with Crippen LogP contribution >= 0.6 is 0 Å². The van der Waals surface area contributed by atoms with E-state index in [0.29, 0.717) is 54.7 Å². The number of nitro groups is 1. The van der Waals surface area contributed by atoms with Crippen LogP contribution in [0, 0.1) is 17.0 Å². The van der Waals surface area contributed by atoms with Gasteiger partial charge in [-0.05, 0) is 43.3 Å². The number of hydrogen-bond donors (Lipinski definition) is 0. The second kappa shape index (κ2) is 8.98. The van der Waals surface area contributed by atoms with Crippen molar-refractivity contribution >= 4 is 34.1 Å². The third-order valence-corrected chi connectivity index (χ3v) is 6.71. The Balaban J connectivity index is 1.37. The summed E-state index contributed by atoms with van der Waals surface area (Å²) in [6.45, 7) is 4.29. The molecule has 0 bridgehead atoms. The second-order valence-electron chi connectivity index (χ2n) is 9.06. The maximum absolute atomic E-state index is 13.0. The van der Waals surface area contributed by atoms with Crippen LogP contribution in [0.4, 0.5) is 11.6 Å². The Hall–Kier alpha value is -4.86. The van der Waals surface area contributed by atoms with Gasteiger partial charge in [0.15, 0.2) is 11.5 Å². The van der Waals surface area contributed by atoms with Gasteiger partial charge < -0.3 is 9.80 Å². The van der Waals surface area contributed by atoms with E-state index in [-0.39, 0.29) is 11.6 Å². The topological polar surface area (TPSA) is 110 Å². The lowest BCUT2D eigenvalue weighted by Crippen LogP contribution is -2.49. The smallest absolute Gasteiger partial charge is 0.269 e. The molecule has 0 atom stereocenters. The predicted octanol–water partition coefficient (Wildman–Crippen LogP) is 4.12. The van der Waals surface area contributed by atoms with Crippen molar-refractivity contribution in [2.24, 2.45) is 0 Å². The largest absolute Gasteiger partial charge is 0.338 e. The molecule has 1 saturated heterocycles. The Morgan fingerprint density at radius 3 is 2.30 bits per heavy atom. The fraction of sp³-hybridized carbons (Fsp3) is 0.185. The molecule has 5 aromatic rings. The van der Waals surface area contributed by atoms with Gasteiger partial charge in [0.2, 0.25) is 5.95 Å². The van der Waals surface area contributed by atoms with Crippen LogP contribution in [0.25, 0.3) is 27.9 Å². The van der Waals surface area contributed by atoms with E-state index in [1.165, 1.54) is 12.1 Å². The molecule has 1 aliphatic heterocycles. The molecule has 10 heteroatoms. The lowest BCUT2D eigenvalue weighted by molar-refractivity contribution is -0.384. The highest BCUT2D eigenvalue weighted by molar-refractivity contribution is 5.95. The Morgan fingerprint density at radius 1 is 0.892 bits per heavy atom. The molecule has 184 valence electrons. The molecule has 0 unspecified atom stereocenters. The number of non-ortho nitro benzene ring substituents is 1. The molecule has 3 aromatic carbocycles. The van der Waals surface area contributed by atoms with Crippen molar-refractivity contribution in [3.8, 4) is 11.4 Å². The van der Waals surface area contributed by atoms with Crippen LogP contribution < -0.4 is 4.90 Å². The molecule has 2 aromatic heterocycles. The average molecular weight is 494 g/mol. The summed E-state index contributed by atoms with van der Waals surface area (Å²) in [7, 11) is 0. The van der Waals surface area contributed by atoms with Crippen LogP contribution in [-0.2, 0) is 0 Å².